The van der Waals surface area contributed by atoms with Crippen molar-refractivity contribution in [1.82, 2.24) is 0 Å². The minimum absolute atomic E-state index is 0.0571. The van der Waals surface area contributed by atoms with Gasteiger partial charge in [-0.05, 0) is 24.2 Å². The summed E-state index contributed by atoms with van der Waals surface area (Å²) in [5.41, 5.74) is -0.0999. The summed E-state index contributed by atoms with van der Waals surface area (Å²) in [7, 11) is 0. The Balaban J connectivity index is 2.67. The van der Waals surface area contributed by atoms with Crippen LogP contribution < -0.4 is 0 Å². The van der Waals surface area contributed by atoms with E-state index in [4.69, 9.17) is 10.4 Å². The van der Waals surface area contributed by atoms with Gasteiger partial charge in [0, 0.05) is 6.61 Å². The predicted molar refractivity (Wildman–Crippen MR) is 47.3 cm³/mol. The SMILES string of the molecule is CC(C)(C)[C@@]1(C#N)C[C@H]1CCO. The molecule has 1 aliphatic carbocycles. The number of rotatable bonds is 2. The molecular weight excluding hydrogens is 150 g/mol. The first-order chi connectivity index (χ1) is 5.48. The van der Waals surface area contributed by atoms with Crippen molar-refractivity contribution in [2.24, 2.45) is 16.7 Å². The summed E-state index contributed by atoms with van der Waals surface area (Å²) >= 11 is 0. The Bertz CT molecular complexity index is 211. The normalized spacial score (nSPS) is 34.4. The molecule has 0 aromatic heterocycles. The van der Waals surface area contributed by atoms with Crippen LogP contribution in [0.15, 0.2) is 0 Å². The molecule has 0 bridgehead atoms. The van der Waals surface area contributed by atoms with Crippen molar-refractivity contribution in [1.29, 1.82) is 5.26 Å². The van der Waals surface area contributed by atoms with Crippen molar-refractivity contribution in [3.63, 3.8) is 0 Å². The van der Waals surface area contributed by atoms with Gasteiger partial charge in [0.2, 0.25) is 0 Å². The second-order valence-electron chi connectivity index (χ2n) is 4.75. The van der Waals surface area contributed by atoms with Gasteiger partial charge in [0.15, 0.2) is 0 Å². The third-order valence-corrected chi connectivity index (χ3v) is 3.12. The summed E-state index contributed by atoms with van der Waals surface area (Å²) in [6.45, 7) is 6.53. The first-order valence-corrected chi connectivity index (χ1v) is 4.50. The van der Waals surface area contributed by atoms with Gasteiger partial charge in [-0.3, -0.25) is 0 Å². The van der Waals surface area contributed by atoms with Crippen molar-refractivity contribution >= 4 is 0 Å². The Kier molecular flexibility index (Phi) is 2.18. The lowest BCUT2D eigenvalue weighted by Crippen LogP contribution is -2.22. The van der Waals surface area contributed by atoms with Crippen LogP contribution in [0.2, 0.25) is 0 Å². The monoisotopic (exact) mass is 167 g/mol. The van der Waals surface area contributed by atoms with Gasteiger partial charge < -0.3 is 5.11 Å². The molecule has 1 rings (SSSR count). The summed E-state index contributed by atoms with van der Waals surface area (Å²) in [6, 6.07) is 2.42. The molecule has 0 unspecified atom stereocenters. The van der Waals surface area contributed by atoms with Crippen molar-refractivity contribution in [2.75, 3.05) is 6.61 Å². The minimum atomic E-state index is -0.157. The van der Waals surface area contributed by atoms with Gasteiger partial charge in [0.05, 0.1) is 11.5 Å². The highest BCUT2D eigenvalue weighted by Crippen LogP contribution is 2.63. The van der Waals surface area contributed by atoms with Crippen molar-refractivity contribution in [2.45, 2.75) is 33.6 Å². The van der Waals surface area contributed by atoms with Crippen molar-refractivity contribution in [3.05, 3.63) is 0 Å². The van der Waals surface area contributed by atoms with E-state index in [2.05, 4.69) is 26.8 Å². The molecule has 2 atom stereocenters. The second kappa shape index (κ2) is 2.74. The Labute approximate surface area is 74.2 Å². The third-order valence-electron chi connectivity index (χ3n) is 3.12. The fraction of sp³-hybridized carbons (Fsp3) is 0.900. The lowest BCUT2D eigenvalue weighted by Gasteiger charge is -2.25. The summed E-state index contributed by atoms with van der Waals surface area (Å²) in [4.78, 5) is 0. The summed E-state index contributed by atoms with van der Waals surface area (Å²) in [5.74, 6) is 0.424. The van der Waals surface area contributed by atoms with Crippen LogP contribution in [0.3, 0.4) is 0 Å². The van der Waals surface area contributed by atoms with Crippen LogP contribution in [0.5, 0.6) is 0 Å². The van der Waals surface area contributed by atoms with E-state index in [-0.39, 0.29) is 17.4 Å². The highest BCUT2D eigenvalue weighted by Gasteiger charge is 2.61. The average Bonchev–Trinajstić information content (AvgIpc) is 2.63. The average molecular weight is 167 g/mol. The molecule has 0 aromatic rings. The molecule has 2 heteroatoms. The number of nitriles is 1. The van der Waals surface area contributed by atoms with E-state index < -0.39 is 0 Å². The Morgan fingerprint density at radius 3 is 2.42 bits per heavy atom. The Morgan fingerprint density at radius 2 is 2.17 bits per heavy atom. The van der Waals surface area contributed by atoms with Gasteiger partial charge >= 0.3 is 0 Å². The number of nitrogens with zero attached hydrogens (tertiary/aromatic N) is 1. The van der Waals surface area contributed by atoms with E-state index in [1.807, 2.05) is 0 Å². The largest absolute Gasteiger partial charge is 0.396 e. The second-order valence-corrected chi connectivity index (χ2v) is 4.75. The number of hydrogen-bond donors (Lipinski definition) is 1. The van der Waals surface area contributed by atoms with E-state index in [1.165, 1.54) is 0 Å². The molecule has 0 amide bonds. The van der Waals surface area contributed by atoms with Crippen LogP contribution in [0.25, 0.3) is 0 Å². The van der Waals surface area contributed by atoms with E-state index in [9.17, 15) is 0 Å². The molecule has 1 aliphatic rings. The van der Waals surface area contributed by atoms with Gasteiger partial charge in [-0.25, -0.2) is 0 Å². The molecule has 1 N–H and O–H groups in total. The summed E-state index contributed by atoms with van der Waals surface area (Å²) < 4.78 is 0. The Morgan fingerprint density at radius 1 is 1.58 bits per heavy atom. The lowest BCUT2D eigenvalue weighted by molar-refractivity contribution is 0.225. The maximum atomic E-state index is 9.06. The first kappa shape index (κ1) is 9.54. The highest BCUT2D eigenvalue weighted by atomic mass is 16.3. The molecule has 0 heterocycles. The summed E-state index contributed by atoms with van der Waals surface area (Å²) in [5, 5.41) is 17.8. The molecule has 0 saturated heterocycles. The van der Waals surface area contributed by atoms with Crippen molar-refractivity contribution < 1.29 is 5.11 Å². The molecule has 0 aliphatic heterocycles. The van der Waals surface area contributed by atoms with E-state index in [0.717, 1.165) is 12.8 Å². The standard InChI is InChI=1S/C10H17NO/c1-9(2,3)10(7-11)6-8(10)4-5-12/h8,12H,4-6H2,1-3H3/t8-,10-/m1/s1. The van der Waals surface area contributed by atoms with E-state index in [0.29, 0.717) is 5.92 Å². The van der Waals surface area contributed by atoms with Gasteiger partial charge in [-0.15, -0.1) is 0 Å². The van der Waals surface area contributed by atoms with Gasteiger partial charge in [-0.2, -0.15) is 5.26 Å². The maximum Gasteiger partial charge on any atom is 0.0698 e. The fourth-order valence-electron chi connectivity index (χ4n) is 2.06. The Hall–Kier alpha value is -0.550. The maximum absolute atomic E-state index is 9.06. The molecule has 1 saturated carbocycles. The topological polar surface area (TPSA) is 44.0 Å². The molecule has 12 heavy (non-hydrogen) atoms. The molecule has 0 aromatic carbocycles. The van der Waals surface area contributed by atoms with E-state index >= 15 is 0 Å². The molecule has 0 spiro atoms. The molecule has 2 nitrogen and oxygen atoms in total. The number of aliphatic hydroxyl groups excluding tert-OH is 1. The smallest absolute Gasteiger partial charge is 0.0698 e. The lowest BCUT2D eigenvalue weighted by atomic mass is 9.76. The zero-order valence-electron chi connectivity index (χ0n) is 8.09. The van der Waals surface area contributed by atoms with Crippen LogP contribution in [0.1, 0.15) is 33.6 Å². The first-order valence-electron chi connectivity index (χ1n) is 4.50. The summed E-state index contributed by atoms with van der Waals surface area (Å²) in [6.07, 6.45) is 1.75. The van der Waals surface area contributed by atoms with Crippen LogP contribution in [0, 0.1) is 28.1 Å². The van der Waals surface area contributed by atoms with Crippen LogP contribution in [-0.2, 0) is 0 Å². The van der Waals surface area contributed by atoms with Gasteiger partial charge in [0.25, 0.3) is 0 Å². The molecule has 1 fully saturated rings. The van der Waals surface area contributed by atoms with Crippen molar-refractivity contribution in [3.8, 4) is 6.07 Å². The van der Waals surface area contributed by atoms with Crippen LogP contribution in [0.4, 0.5) is 0 Å². The zero-order valence-corrected chi connectivity index (χ0v) is 8.09. The fourth-order valence-corrected chi connectivity index (χ4v) is 2.06. The zero-order chi connectivity index (χ0) is 9.41. The third kappa shape index (κ3) is 1.23. The quantitative estimate of drug-likeness (QED) is 0.683. The van der Waals surface area contributed by atoms with Crippen LogP contribution in [-0.4, -0.2) is 11.7 Å². The highest BCUT2D eigenvalue weighted by molar-refractivity contribution is 5.20. The molecule has 68 valence electrons. The van der Waals surface area contributed by atoms with Crippen LogP contribution >= 0.6 is 0 Å². The van der Waals surface area contributed by atoms with Gasteiger partial charge in [0.1, 0.15) is 0 Å². The molecule has 0 radical (unpaired) electrons. The number of hydrogen-bond acceptors (Lipinski definition) is 2. The number of aliphatic hydroxyl groups is 1. The molecular formula is C10H17NO. The van der Waals surface area contributed by atoms with E-state index in [1.54, 1.807) is 0 Å². The predicted octanol–water partition coefficient (Wildman–Crippen LogP) is 1.94. The van der Waals surface area contributed by atoms with Gasteiger partial charge in [-0.1, -0.05) is 20.8 Å². The minimum Gasteiger partial charge on any atom is -0.396 e.